The van der Waals surface area contributed by atoms with Gasteiger partial charge in [-0.05, 0) is 24.5 Å². The number of nitrogens with one attached hydrogen (secondary N) is 1. The van der Waals surface area contributed by atoms with Gasteiger partial charge in [0.2, 0.25) is 0 Å². The van der Waals surface area contributed by atoms with Crippen molar-refractivity contribution in [1.82, 2.24) is 10.3 Å². The first kappa shape index (κ1) is 16.9. The highest BCUT2D eigenvalue weighted by Gasteiger charge is 2.25. The third kappa shape index (κ3) is 3.91. The van der Waals surface area contributed by atoms with Gasteiger partial charge in [0.1, 0.15) is 16.5 Å². The van der Waals surface area contributed by atoms with Gasteiger partial charge in [0.05, 0.1) is 12.3 Å². The molecule has 0 saturated carbocycles. The maximum Gasteiger partial charge on any atom is 0.270 e. The van der Waals surface area contributed by atoms with Gasteiger partial charge < -0.3 is 15.0 Å². The molecule has 5 nitrogen and oxygen atoms in total. The summed E-state index contributed by atoms with van der Waals surface area (Å²) in [4.78, 5) is 18.4. The highest BCUT2D eigenvalue weighted by atomic mass is 32.1. The Labute approximate surface area is 144 Å². The number of halogens is 1. The second-order valence-electron chi connectivity index (χ2n) is 5.82. The first-order valence-corrected chi connectivity index (χ1v) is 8.76. The lowest BCUT2D eigenvalue weighted by atomic mass is 10.1. The van der Waals surface area contributed by atoms with E-state index in [4.69, 9.17) is 4.74 Å². The molecule has 1 aliphatic rings. The fraction of sp³-hybridized carbons (Fsp3) is 0.412. The van der Waals surface area contributed by atoms with Crippen molar-refractivity contribution in [3.05, 3.63) is 46.2 Å². The van der Waals surface area contributed by atoms with Gasteiger partial charge >= 0.3 is 0 Å². The summed E-state index contributed by atoms with van der Waals surface area (Å²) in [6.07, 6.45) is 0.931. The normalized spacial score (nSPS) is 17.2. The number of benzene rings is 1. The van der Waals surface area contributed by atoms with E-state index < -0.39 is 0 Å². The lowest BCUT2D eigenvalue weighted by molar-refractivity contribution is 0.0943. The average molecular weight is 349 g/mol. The predicted octanol–water partition coefficient (Wildman–Crippen LogP) is 2.68. The Hall–Kier alpha value is -1.99. The SMILES string of the molecule is COCc1nc(C(=O)NCC2CCN(c3ccccc3F)C2)cs1. The van der Waals surface area contributed by atoms with E-state index >= 15 is 0 Å². The molecule has 3 rings (SSSR count). The van der Waals surface area contributed by atoms with Crippen LogP contribution in [0, 0.1) is 11.7 Å². The van der Waals surface area contributed by atoms with E-state index in [2.05, 4.69) is 10.3 Å². The van der Waals surface area contributed by atoms with Gasteiger partial charge in [0.25, 0.3) is 5.91 Å². The van der Waals surface area contributed by atoms with Crippen LogP contribution in [-0.2, 0) is 11.3 Å². The molecular weight excluding hydrogens is 329 g/mol. The maximum absolute atomic E-state index is 13.8. The summed E-state index contributed by atoms with van der Waals surface area (Å²) in [6.45, 7) is 2.53. The fourth-order valence-corrected chi connectivity index (χ4v) is 3.60. The number of rotatable bonds is 6. The third-order valence-electron chi connectivity index (χ3n) is 4.08. The van der Waals surface area contributed by atoms with Crippen molar-refractivity contribution in [1.29, 1.82) is 0 Å². The predicted molar refractivity (Wildman–Crippen MR) is 91.9 cm³/mol. The molecule has 2 aromatic rings. The molecule has 1 N–H and O–H groups in total. The van der Waals surface area contributed by atoms with E-state index in [0.717, 1.165) is 24.5 Å². The number of hydrogen-bond donors (Lipinski definition) is 1. The van der Waals surface area contributed by atoms with Crippen molar-refractivity contribution < 1.29 is 13.9 Å². The van der Waals surface area contributed by atoms with Crippen LogP contribution in [0.3, 0.4) is 0 Å². The molecule has 1 atom stereocenters. The van der Waals surface area contributed by atoms with E-state index in [9.17, 15) is 9.18 Å². The van der Waals surface area contributed by atoms with E-state index in [-0.39, 0.29) is 11.7 Å². The van der Waals surface area contributed by atoms with Crippen LogP contribution in [0.5, 0.6) is 0 Å². The molecule has 1 aliphatic heterocycles. The van der Waals surface area contributed by atoms with Crippen LogP contribution in [0.2, 0.25) is 0 Å². The van der Waals surface area contributed by atoms with Gasteiger partial charge in [0.15, 0.2) is 0 Å². The van der Waals surface area contributed by atoms with Gasteiger partial charge in [-0.2, -0.15) is 0 Å². The number of aromatic nitrogens is 1. The molecule has 1 fully saturated rings. The molecule has 1 amide bonds. The van der Waals surface area contributed by atoms with Crippen LogP contribution >= 0.6 is 11.3 Å². The molecule has 128 valence electrons. The Balaban J connectivity index is 1.50. The van der Waals surface area contributed by atoms with Crippen molar-refractivity contribution in [3.63, 3.8) is 0 Å². The molecule has 1 aromatic heterocycles. The van der Waals surface area contributed by atoms with Gasteiger partial charge in [-0.3, -0.25) is 4.79 Å². The number of methoxy groups -OCH3 is 1. The standard InChI is InChI=1S/C17H20FN3O2S/c1-23-10-16-20-14(11-24-16)17(22)19-8-12-6-7-21(9-12)15-5-3-2-4-13(15)18/h2-5,11-12H,6-10H2,1H3,(H,19,22). The largest absolute Gasteiger partial charge is 0.378 e. The molecule has 1 aromatic carbocycles. The van der Waals surface area contributed by atoms with Gasteiger partial charge in [-0.1, -0.05) is 12.1 Å². The van der Waals surface area contributed by atoms with Gasteiger partial charge in [-0.15, -0.1) is 11.3 Å². The Morgan fingerprint density at radius 2 is 2.33 bits per heavy atom. The highest BCUT2D eigenvalue weighted by molar-refractivity contribution is 7.09. The molecule has 0 spiro atoms. The summed E-state index contributed by atoms with van der Waals surface area (Å²) in [7, 11) is 1.60. The number of nitrogens with zero attached hydrogens (tertiary/aromatic N) is 2. The molecule has 2 heterocycles. The van der Waals surface area contributed by atoms with Crippen molar-refractivity contribution in [3.8, 4) is 0 Å². The van der Waals surface area contributed by atoms with Crippen molar-refractivity contribution in [2.45, 2.75) is 13.0 Å². The van der Waals surface area contributed by atoms with Crippen LogP contribution < -0.4 is 10.2 Å². The van der Waals surface area contributed by atoms with Crippen LogP contribution in [0.15, 0.2) is 29.6 Å². The summed E-state index contributed by atoms with van der Waals surface area (Å²) < 4.78 is 18.8. The Morgan fingerprint density at radius 1 is 1.50 bits per heavy atom. The first-order valence-electron chi connectivity index (χ1n) is 7.88. The summed E-state index contributed by atoms with van der Waals surface area (Å²) in [5, 5.41) is 5.45. The molecule has 7 heteroatoms. The zero-order valence-corrected chi connectivity index (χ0v) is 14.3. The van der Waals surface area contributed by atoms with Gasteiger partial charge in [0, 0.05) is 32.1 Å². The summed E-state index contributed by atoms with van der Waals surface area (Å²) >= 11 is 1.41. The second kappa shape index (κ2) is 7.72. The molecule has 1 saturated heterocycles. The van der Waals surface area contributed by atoms with Crippen LogP contribution in [0.4, 0.5) is 10.1 Å². The quantitative estimate of drug-likeness (QED) is 0.871. The molecule has 0 bridgehead atoms. The number of hydrogen-bond acceptors (Lipinski definition) is 5. The minimum absolute atomic E-state index is 0.169. The number of anilines is 1. The number of para-hydroxylation sites is 1. The zero-order valence-electron chi connectivity index (χ0n) is 13.5. The van der Waals surface area contributed by atoms with E-state index in [1.54, 1.807) is 24.6 Å². The number of amides is 1. The minimum Gasteiger partial charge on any atom is -0.378 e. The topological polar surface area (TPSA) is 54.5 Å². The Morgan fingerprint density at radius 3 is 3.12 bits per heavy atom. The summed E-state index contributed by atoms with van der Waals surface area (Å²) in [6, 6.07) is 6.80. The second-order valence-corrected chi connectivity index (χ2v) is 6.76. The maximum atomic E-state index is 13.8. The monoisotopic (exact) mass is 349 g/mol. The summed E-state index contributed by atoms with van der Waals surface area (Å²) in [5.74, 6) is -0.0566. The lowest BCUT2D eigenvalue weighted by Gasteiger charge is -2.19. The van der Waals surface area contributed by atoms with Crippen LogP contribution in [-0.4, -0.2) is 37.6 Å². The van der Waals surface area contributed by atoms with Crippen molar-refractivity contribution in [2.24, 2.45) is 5.92 Å². The summed E-state index contributed by atoms with van der Waals surface area (Å²) in [5.41, 5.74) is 1.06. The Kier molecular flexibility index (Phi) is 5.42. The lowest BCUT2D eigenvalue weighted by Crippen LogP contribution is -2.31. The number of carbonyl (C=O) groups excluding carboxylic acids is 1. The van der Waals surface area contributed by atoms with Gasteiger partial charge in [-0.25, -0.2) is 9.37 Å². The molecule has 0 aliphatic carbocycles. The minimum atomic E-state index is -0.199. The molecule has 24 heavy (non-hydrogen) atoms. The van der Waals surface area contributed by atoms with Crippen molar-refractivity contribution in [2.75, 3.05) is 31.6 Å². The number of carbonyl (C=O) groups is 1. The van der Waals surface area contributed by atoms with E-state index in [1.807, 2.05) is 11.0 Å². The molecule has 1 unspecified atom stereocenters. The Bertz CT molecular complexity index is 707. The smallest absolute Gasteiger partial charge is 0.270 e. The first-order chi connectivity index (χ1) is 11.7. The average Bonchev–Trinajstić information content (AvgIpc) is 3.23. The molecular formula is C17H20FN3O2S. The number of thiazole rings is 1. The van der Waals surface area contributed by atoms with Crippen LogP contribution in [0.1, 0.15) is 21.9 Å². The number of ether oxygens (including phenoxy) is 1. The zero-order chi connectivity index (χ0) is 16.9. The molecule has 0 radical (unpaired) electrons. The van der Waals surface area contributed by atoms with Crippen LogP contribution in [0.25, 0.3) is 0 Å². The van der Waals surface area contributed by atoms with Crippen molar-refractivity contribution >= 4 is 22.9 Å². The fourth-order valence-electron chi connectivity index (χ4n) is 2.86. The van der Waals surface area contributed by atoms with E-state index in [0.29, 0.717) is 30.5 Å². The van der Waals surface area contributed by atoms with E-state index in [1.165, 1.54) is 17.4 Å². The highest BCUT2D eigenvalue weighted by Crippen LogP contribution is 2.25. The third-order valence-corrected chi connectivity index (χ3v) is 4.90.